The van der Waals surface area contributed by atoms with Crippen molar-refractivity contribution in [1.82, 2.24) is 5.32 Å². The van der Waals surface area contributed by atoms with Crippen LogP contribution in [0.25, 0.3) is 0 Å². The van der Waals surface area contributed by atoms with Crippen molar-refractivity contribution in [2.24, 2.45) is 0 Å². The smallest absolute Gasteiger partial charge is 0.408 e. The third-order valence-corrected chi connectivity index (χ3v) is 5.15. The number of carboxylic acids is 1. The predicted molar refractivity (Wildman–Crippen MR) is 97.2 cm³/mol. The quantitative estimate of drug-likeness (QED) is 0.816. The van der Waals surface area contributed by atoms with Gasteiger partial charge in [0, 0.05) is 16.8 Å². The highest BCUT2D eigenvalue weighted by Crippen LogP contribution is 2.37. The number of carbonyl (C=O) groups is 2. The summed E-state index contributed by atoms with van der Waals surface area (Å²) in [5.74, 6) is -0.876. The number of alkyl carbamates (subject to hydrolysis) is 1. The van der Waals surface area contributed by atoms with Crippen LogP contribution in [0.5, 0.6) is 0 Å². The summed E-state index contributed by atoms with van der Waals surface area (Å²) in [6, 6.07) is 0. The van der Waals surface area contributed by atoms with Crippen LogP contribution in [0.1, 0.15) is 73.6 Å². The molecule has 0 spiro atoms. The van der Waals surface area contributed by atoms with Crippen molar-refractivity contribution in [1.29, 1.82) is 0 Å². The van der Waals surface area contributed by atoms with Gasteiger partial charge < -0.3 is 15.2 Å². The molecule has 2 N–H and O–H groups in total. The van der Waals surface area contributed by atoms with E-state index >= 15 is 0 Å². The molecule has 1 aliphatic carbocycles. The molecule has 24 heavy (non-hydrogen) atoms. The van der Waals surface area contributed by atoms with E-state index in [0.29, 0.717) is 11.3 Å². The van der Waals surface area contributed by atoms with Gasteiger partial charge in [0.1, 0.15) is 10.5 Å². The normalized spacial score (nSPS) is 19.6. The highest BCUT2D eigenvalue weighted by atomic mass is 32.1. The van der Waals surface area contributed by atoms with Crippen LogP contribution in [-0.4, -0.2) is 28.3 Å². The Hall–Kier alpha value is -1.56. The van der Waals surface area contributed by atoms with Crippen LogP contribution in [-0.2, 0) is 17.6 Å². The van der Waals surface area contributed by atoms with E-state index < -0.39 is 23.2 Å². The topological polar surface area (TPSA) is 75.6 Å². The van der Waals surface area contributed by atoms with Crippen molar-refractivity contribution in [3.05, 3.63) is 20.9 Å². The largest absolute Gasteiger partial charge is 0.477 e. The molecule has 1 aromatic rings. The summed E-state index contributed by atoms with van der Waals surface area (Å²) in [5, 5.41) is 12.2. The number of hydrogen-bond donors (Lipinski definition) is 2. The molecule has 1 heterocycles. The summed E-state index contributed by atoms with van der Waals surface area (Å²) >= 11 is 1.32. The molecule has 1 unspecified atom stereocenters. The van der Waals surface area contributed by atoms with Gasteiger partial charge in [0.25, 0.3) is 0 Å². The molecule has 0 aliphatic heterocycles. The first kappa shape index (κ1) is 20.5. The number of carbonyl (C=O) groups excluding carboxylic acids is 1. The van der Waals surface area contributed by atoms with Crippen LogP contribution in [0.2, 0.25) is 0 Å². The second-order valence-electron chi connectivity index (χ2n) is 7.13. The predicted octanol–water partition coefficient (Wildman–Crippen LogP) is 4.55. The maximum absolute atomic E-state index is 12.0. The van der Waals surface area contributed by atoms with Crippen LogP contribution in [0, 0.1) is 6.92 Å². The van der Waals surface area contributed by atoms with Crippen LogP contribution in [0.3, 0.4) is 0 Å². The number of fused-ring (bicyclic) bond motifs is 1. The maximum atomic E-state index is 12.0. The Labute approximate surface area is 148 Å². The highest BCUT2D eigenvalue weighted by Gasteiger charge is 2.35. The van der Waals surface area contributed by atoms with Crippen molar-refractivity contribution in [2.45, 2.75) is 78.9 Å². The number of thiophene rings is 1. The van der Waals surface area contributed by atoms with Gasteiger partial charge in [0.05, 0.1) is 0 Å². The van der Waals surface area contributed by atoms with Gasteiger partial charge in [0.2, 0.25) is 0 Å². The lowest BCUT2D eigenvalue weighted by Gasteiger charge is -2.35. The molecule has 1 atom stereocenters. The SMILES string of the molecule is CC.Cc1c(C(=O)O)sc2c1CCC(C)(NC(=O)OC(C)(C)C)C2. The number of hydrogen-bond acceptors (Lipinski definition) is 4. The average Bonchev–Trinajstić information content (AvgIpc) is 2.74. The van der Waals surface area contributed by atoms with Gasteiger partial charge in [-0.1, -0.05) is 13.8 Å². The minimum Gasteiger partial charge on any atom is -0.477 e. The number of nitrogens with one attached hydrogen (secondary N) is 1. The van der Waals surface area contributed by atoms with E-state index in [2.05, 4.69) is 5.32 Å². The highest BCUT2D eigenvalue weighted by molar-refractivity contribution is 7.14. The number of aromatic carboxylic acids is 1. The molecule has 0 aromatic carbocycles. The Morgan fingerprint density at radius 1 is 1.29 bits per heavy atom. The van der Waals surface area contributed by atoms with Crippen LogP contribution >= 0.6 is 11.3 Å². The van der Waals surface area contributed by atoms with Crippen LogP contribution < -0.4 is 5.32 Å². The lowest BCUT2D eigenvalue weighted by atomic mass is 9.82. The zero-order valence-electron chi connectivity index (χ0n) is 15.7. The molecule has 0 fully saturated rings. The molecule has 6 heteroatoms. The van der Waals surface area contributed by atoms with E-state index in [0.717, 1.165) is 28.8 Å². The summed E-state index contributed by atoms with van der Waals surface area (Å²) in [4.78, 5) is 24.7. The van der Waals surface area contributed by atoms with Gasteiger partial charge >= 0.3 is 12.1 Å². The van der Waals surface area contributed by atoms with Crippen molar-refractivity contribution in [2.75, 3.05) is 0 Å². The van der Waals surface area contributed by atoms with E-state index in [1.165, 1.54) is 11.3 Å². The Morgan fingerprint density at radius 2 is 1.88 bits per heavy atom. The first-order valence-corrected chi connectivity index (χ1v) is 9.18. The Morgan fingerprint density at radius 3 is 2.38 bits per heavy atom. The molecular formula is C18H29NO4S. The summed E-state index contributed by atoms with van der Waals surface area (Å²) in [5.41, 5.74) is 1.07. The van der Waals surface area contributed by atoms with Gasteiger partial charge in [-0.2, -0.15) is 0 Å². The van der Waals surface area contributed by atoms with E-state index in [1.54, 1.807) is 0 Å². The minimum atomic E-state index is -0.876. The summed E-state index contributed by atoms with van der Waals surface area (Å²) in [6.45, 7) is 13.3. The second kappa shape index (κ2) is 7.55. The van der Waals surface area contributed by atoms with Gasteiger partial charge in [-0.15, -0.1) is 11.3 Å². The molecular weight excluding hydrogens is 326 g/mol. The fourth-order valence-electron chi connectivity index (χ4n) is 2.78. The molecule has 1 aromatic heterocycles. The zero-order valence-corrected chi connectivity index (χ0v) is 16.5. The van der Waals surface area contributed by atoms with E-state index in [4.69, 9.17) is 4.74 Å². The van der Waals surface area contributed by atoms with E-state index in [-0.39, 0.29) is 0 Å². The molecule has 1 aliphatic rings. The van der Waals surface area contributed by atoms with Crippen molar-refractivity contribution < 1.29 is 19.4 Å². The molecule has 0 radical (unpaired) electrons. The number of ether oxygens (including phenoxy) is 1. The maximum Gasteiger partial charge on any atom is 0.408 e. The fraction of sp³-hybridized carbons (Fsp3) is 0.667. The first-order valence-electron chi connectivity index (χ1n) is 8.36. The monoisotopic (exact) mass is 355 g/mol. The molecule has 0 saturated heterocycles. The van der Waals surface area contributed by atoms with Gasteiger partial charge in [-0.3, -0.25) is 0 Å². The minimum absolute atomic E-state index is 0.400. The number of carboxylic acid groups (broad SMARTS) is 1. The van der Waals surface area contributed by atoms with Crippen LogP contribution in [0.4, 0.5) is 4.79 Å². The Bertz CT molecular complexity index is 615. The number of amides is 1. The summed E-state index contributed by atoms with van der Waals surface area (Å²) < 4.78 is 5.32. The fourth-order valence-corrected chi connectivity index (χ4v) is 4.16. The average molecular weight is 356 g/mol. The molecule has 0 saturated carbocycles. The molecule has 136 valence electrons. The molecule has 1 amide bonds. The van der Waals surface area contributed by atoms with Gasteiger partial charge in [-0.05, 0) is 58.6 Å². The molecule has 0 bridgehead atoms. The Kier molecular flexibility index (Phi) is 6.45. The van der Waals surface area contributed by atoms with Crippen molar-refractivity contribution >= 4 is 23.4 Å². The summed E-state index contributed by atoms with van der Waals surface area (Å²) in [6.07, 6.45) is 1.76. The Balaban J connectivity index is 0.00000139. The van der Waals surface area contributed by atoms with Gasteiger partial charge in [-0.25, -0.2) is 9.59 Å². The zero-order chi connectivity index (χ0) is 18.7. The van der Waals surface area contributed by atoms with Crippen molar-refractivity contribution in [3.63, 3.8) is 0 Å². The standard InChI is InChI=1S/C16H23NO4S.C2H6/c1-9-10-6-7-16(5,17-14(20)21-15(2,3)4)8-11(10)22-12(9)13(18)19;1-2/h6-8H2,1-5H3,(H,17,20)(H,18,19);1-2H3. The second-order valence-corrected chi connectivity index (χ2v) is 8.23. The molecule has 2 rings (SSSR count). The van der Waals surface area contributed by atoms with E-state index in [1.807, 2.05) is 48.5 Å². The van der Waals surface area contributed by atoms with Crippen molar-refractivity contribution in [3.8, 4) is 0 Å². The van der Waals surface area contributed by atoms with Crippen LogP contribution in [0.15, 0.2) is 0 Å². The third-order valence-electron chi connectivity index (χ3n) is 3.83. The lowest BCUT2D eigenvalue weighted by Crippen LogP contribution is -2.51. The summed E-state index contributed by atoms with van der Waals surface area (Å²) in [7, 11) is 0. The molecule has 5 nitrogen and oxygen atoms in total. The lowest BCUT2D eigenvalue weighted by molar-refractivity contribution is 0.0455. The first-order chi connectivity index (χ1) is 11.0. The third kappa shape index (κ3) is 4.97. The van der Waals surface area contributed by atoms with Gasteiger partial charge in [0.15, 0.2) is 0 Å². The van der Waals surface area contributed by atoms with E-state index in [9.17, 15) is 14.7 Å². The number of rotatable bonds is 2.